The Morgan fingerprint density at radius 2 is 1.86 bits per heavy atom. The predicted molar refractivity (Wildman–Crippen MR) is 131 cm³/mol. The third-order valence-corrected chi connectivity index (χ3v) is 7.36. The second-order valence-electron chi connectivity index (χ2n) is 9.74. The van der Waals surface area contributed by atoms with E-state index >= 15 is 0 Å². The fourth-order valence-corrected chi connectivity index (χ4v) is 5.85. The van der Waals surface area contributed by atoms with Gasteiger partial charge in [-0.1, -0.05) is 0 Å². The molecule has 0 saturated heterocycles. The standard InChI is InChI=1S/C25H28N4O7/c1-6-27-13-9-14(28(2)3)11-7-10-8-12-18(29(4)5)21(32)17(24(26)35)23(34)25(12,36)22(33)15(10)20(31)16(11)19(13)30/h9-10,12,18,30-31,34,36H,1,7-8H2,2-5H3,(H2,26,35). The van der Waals surface area contributed by atoms with E-state index in [0.29, 0.717) is 11.3 Å². The van der Waals surface area contributed by atoms with Gasteiger partial charge in [-0.15, -0.1) is 0 Å². The smallest absolute Gasteiger partial charge is 0.255 e. The van der Waals surface area contributed by atoms with Crippen LogP contribution >= 0.6 is 0 Å². The number of hydrogen-bond donors (Lipinski definition) is 5. The number of hydrogen-bond acceptors (Lipinski definition) is 10. The zero-order valence-electron chi connectivity index (χ0n) is 20.4. The number of carbonyl (C=O) groups is 3. The van der Waals surface area contributed by atoms with Crippen LogP contribution in [0.1, 0.15) is 17.5 Å². The molecule has 6 N–H and O–H groups in total. The molecular formula is C25H28N4O7. The van der Waals surface area contributed by atoms with E-state index in [0.717, 1.165) is 0 Å². The number of benzene rings is 1. The van der Waals surface area contributed by atoms with Crippen LogP contribution < -0.4 is 10.6 Å². The molecule has 0 spiro atoms. The number of fused-ring (bicyclic) bond motifs is 3. The van der Waals surface area contributed by atoms with E-state index in [-0.39, 0.29) is 29.7 Å². The van der Waals surface area contributed by atoms with Crippen molar-refractivity contribution in [2.75, 3.05) is 33.1 Å². The van der Waals surface area contributed by atoms with E-state index in [1.807, 2.05) is 0 Å². The minimum Gasteiger partial charge on any atom is -0.508 e. The fourth-order valence-electron chi connectivity index (χ4n) is 5.85. The lowest BCUT2D eigenvalue weighted by molar-refractivity contribution is -0.153. The average Bonchev–Trinajstić information content (AvgIpc) is 2.77. The van der Waals surface area contributed by atoms with Crippen molar-refractivity contribution >= 4 is 40.5 Å². The highest BCUT2D eigenvalue weighted by Gasteiger charge is 2.64. The van der Waals surface area contributed by atoms with Crippen molar-refractivity contribution < 1.29 is 34.8 Å². The van der Waals surface area contributed by atoms with Crippen LogP contribution in [0, 0.1) is 11.8 Å². The summed E-state index contributed by atoms with van der Waals surface area (Å²) >= 11 is 0. The van der Waals surface area contributed by atoms with E-state index in [4.69, 9.17) is 5.73 Å². The number of likely N-dealkylation sites (N-methyl/N-ethyl adjacent to an activating group) is 1. The number of phenols is 1. The summed E-state index contributed by atoms with van der Waals surface area (Å²) in [6.45, 7) is 3.41. The number of rotatable bonds is 4. The second kappa shape index (κ2) is 8.34. The Morgan fingerprint density at radius 1 is 1.22 bits per heavy atom. The number of primary amides is 1. The molecule has 11 nitrogen and oxygen atoms in total. The van der Waals surface area contributed by atoms with Crippen LogP contribution in [-0.4, -0.2) is 88.5 Å². The van der Waals surface area contributed by atoms with Crippen LogP contribution in [-0.2, 0) is 20.8 Å². The number of carbonyl (C=O) groups excluding carboxylic acids is 3. The van der Waals surface area contributed by atoms with Crippen LogP contribution in [0.2, 0.25) is 0 Å². The average molecular weight is 497 g/mol. The van der Waals surface area contributed by atoms with E-state index in [9.17, 15) is 34.8 Å². The lowest BCUT2D eigenvalue weighted by Crippen LogP contribution is -2.65. The predicted octanol–water partition coefficient (Wildman–Crippen LogP) is 0.517. The van der Waals surface area contributed by atoms with Crippen LogP contribution in [0.5, 0.6) is 5.75 Å². The number of amides is 1. The number of nitrogens with two attached hydrogens (primary N) is 1. The zero-order valence-corrected chi connectivity index (χ0v) is 20.4. The molecule has 0 aliphatic heterocycles. The number of nitrogens with zero attached hydrogens (tertiary/aromatic N) is 3. The van der Waals surface area contributed by atoms with Crippen molar-refractivity contribution in [1.82, 2.24) is 4.90 Å². The molecule has 0 bridgehead atoms. The van der Waals surface area contributed by atoms with Gasteiger partial charge in [-0.2, -0.15) is 0 Å². The summed E-state index contributed by atoms with van der Waals surface area (Å²) in [5.41, 5.74) is 2.78. The maximum atomic E-state index is 13.8. The summed E-state index contributed by atoms with van der Waals surface area (Å²) in [6, 6.07) is 0.472. The first kappa shape index (κ1) is 25.2. The molecule has 190 valence electrons. The number of aliphatic hydroxyl groups is 3. The molecule has 3 aliphatic rings. The molecule has 11 heteroatoms. The third kappa shape index (κ3) is 3.21. The number of aromatic hydroxyl groups is 1. The van der Waals surface area contributed by atoms with Crippen molar-refractivity contribution in [3.63, 3.8) is 0 Å². The van der Waals surface area contributed by atoms with Gasteiger partial charge in [0, 0.05) is 31.3 Å². The molecule has 36 heavy (non-hydrogen) atoms. The number of phenolic OH excluding ortho intramolecular Hbond substituents is 1. The Balaban J connectivity index is 2.03. The van der Waals surface area contributed by atoms with Crippen LogP contribution in [0.4, 0.5) is 11.4 Å². The van der Waals surface area contributed by atoms with Gasteiger partial charge in [0.1, 0.15) is 22.8 Å². The van der Waals surface area contributed by atoms with Crippen molar-refractivity contribution in [3.05, 3.63) is 40.7 Å². The molecule has 1 fully saturated rings. The zero-order chi connectivity index (χ0) is 26.9. The van der Waals surface area contributed by atoms with Crippen molar-refractivity contribution in [2.45, 2.75) is 24.5 Å². The summed E-state index contributed by atoms with van der Waals surface area (Å²) in [6.07, 6.45) is 0.208. The Bertz CT molecular complexity index is 1340. The highest BCUT2D eigenvalue weighted by molar-refractivity contribution is 6.24. The lowest BCUT2D eigenvalue weighted by atomic mass is 9.57. The Labute approximate surface area is 207 Å². The minimum absolute atomic E-state index is 0.0198. The molecule has 1 saturated carbocycles. The summed E-state index contributed by atoms with van der Waals surface area (Å²) < 4.78 is 0. The summed E-state index contributed by atoms with van der Waals surface area (Å²) in [7, 11) is 6.64. The number of aliphatic hydroxyl groups excluding tert-OH is 2. The summed E-state index contributed by atoms with van der Waals surface area (Å²) in [4.78, 5) is 46.2. The molecule has 0 aromatic heterocycles. The molecule has 1 aromatic rings. The lowest BCUT2D eigenvalue weighted by Gasteiger charge is -2.50. The number of ketones is 2. The van der Waals surface area contributed by atoms with Crippen LogP contribution in [0.25, 0.3) is 5.76 Å². The Morgan fingerprint density at radius 3 is 2.39 bits per heavy atom. The largest absolute Gasteiger partial charge is 0.508 e. The molecule has 4 unspecified atom stereocenters. The van der Waals surface area contributed by atoms with Gasteiger partial charge >= 0.3 is 0 Å². The van der Waals surface area contributed by atoms with Gasteiger partial charge in [-0.25, -0.2) is 4.99 Å². The van der Waals surface area contributed by atoms with Crippen LogP contribution in [0.15, 0.2) is 34.5 Å². The molecule has 4 rings (SSSR count). The number of aliphatic imine (C=N–C) groups is 1. The third-order valence-electron chi connectivity index (χ3n) is 7.36. The van der Waals surface area contributed by atoms with Gasteiger partial charge in [0.05, 0.1) is 11.6 Å². The van der Waals surface area contributed by atoms with E-state index in [2.05, 4.69) is 17.4 Å². The maximum Gasteiger partial charge on any atom is 0.255 e. The molecule has 0 heterocycles. The monoisotopic (exact) mass is 496 g/mol. The molecule has 4 atom stereocenters. The quantitative estimate of drug-likeness (QED) is 0.294. The van der Waals surface area contributed by atoms with Gasteiger partial charge in [0.2, 0.25) is 5.78 Å². The molecule has 0 radical (unpaired) electrons. The van der Waals surface area contributed by atoms with Crippen molar-refractivity contribution in [2.24, 2.45) is 22.6 Å². The normalized spacial score (nSPS) is 27.3. The van der Waals surface area contributed by atoms with Gasteiger partial charge in [-0.3, -0.25) is 19.3 Å². The number of Topliss-reactive ketones (excluding diaryl/α,β-unsaturated/α-hetero) is 2. The first-order valence-corrected chi connectivity index (χ1v) is 11.2. The maximum absolute atomic E-state index is 13.8. The van der Waals surface area contributed by atoms with Gasteiger partial charge < -0.3 is 31.1 Å². The Hall–Kier alpha value is -3.92. The Kier molecular flexibility index (Phi) is 5.83. The highest BCUT2D eigenvalue weighted by atomic mass is 16.3. The summed E-state index contributed by atoms with van der Waals surface area (Å²) in [5, 5.41) is 44.8. The van der Waals surface area contributed by atoms with Crippen molar-refractivity contribution in [3.8, 4) is 5.75 Å². The first-order chi connectivity index (χ1) is 16.8. The van der Waals surface area contributed by atoms with Gasteiger partial charge in [0.15, 0.2) is 17.1 Å². The van der Waals surface area contributed by atoms with E-state index in [1.54, 1.807) is 39.2 Å². The van der Waals surface area contributed by atoms with Crippen molar-refractivity contribution in [1.29, 1.82) is 0 Å². The fraction of sp³-hybridized carbons (Fsp3) is 0.400. The topological polar surface area (TPSA) is 177 Å². The van der Waals surface area contributed by atoms with E-state index < -0.39 is 63.8 Å². The van der Waals surface area contributed by atoms with E-state index in [1.165, 1.54) is 4.90 Å². The number of anilines is 1. The first-order valence-electron chi connectivity index (χ1n) is 11.2. The van der Waals surface area contributed by atoms with Gasteiger partial charge in [0.25, 0.3) is 5.91 Å². The molecular weight excluding hydrogens is 468 g/mol. The van der Waals surface area contributed by atoms with Gasteiger partial charge in [-0.05, 0) is 56.9 Å². The summed E-state index contributed by atoms with van der Waals surface area (Å²) in [5.74, 6) is -4.68. The van der Waals surface area contributed by atoms with Crippen LogP contribution in [0.3, 0.4) is 0 Å². The second-order valence-corrected chi connectivity index (χ2v) is 9.74. The molecule has 1 aromatic carbocycles. The SMILES string of the molecule is C=C=Nc1cc(N(C)C)c2c(c1O)C(O)=C1C(=O)C3(O)C(O)=C(C(N)=O)C(=O)C(N(C)C)C3CC1C2. The minimum atomic E-state index is -2.68. The molecule has 1 amide bonds. The molecule has 3 aliphatic carbocycles. The highest BCUT2D eigenvalue weighted by Crippen LogP contribution is 2.54.